The van der Waals surface area contributed by atoms with E-state index in [0.717, 1.165) is 122 Å². The Kier molecular flexibility index (Phi) is 20.8. The summed E-state index contributed by atoms with van der Waals surface area (Å²) in [6.07, 6.45) is 0. The number of benzene rings is 22. The first kappa shape index (κ1) is 86.6. The van der Waals surface area contributed by atoms with Gasteiger partial charge in [-0.1, -0.05) is 388 Å². The number of aromatic nitrogens is 13. The van der Waals surface area contributed by atoms with Gasteiger partial charge in [0.05, 0.1) is 72.1 Å². The lowest BCUT2D eigenvalue weighted by Gasteiger charge is -2.15. The Labute approximate surface area is 864 Å². The molecule has 0 radical (unpaired) electrons. The second-order valence-corrected chi connectivity index (χ2v) is 39.0. The number of rotatable bonds is 13. The molecule has 0 amide bonds. The Morgan fingerprint density at radius 3 is 1.08 bits per heavy atom. The quantitative estimate of drug-likeness (QED) is 0.112. The zero-order valence-electron chi connectivity index (χ0n) is 80.8. The van der Waals surface area contributed by atoms with Crippen LogP contribution in [0.1, 0.15) is 0 Å². The summed E-state index contributed by atoms with van der Waals surface area (Å²) in [6.45, 7) is 0. The lowest BCUT2D eigenvalue weighted by molar-refractivity contribution is 1.01. The molecule has 0 saturated heterocycles. The monoisotopic (exact) mass is 1930 g/mol. The first-order chi connectivity index (χ1) is 74.4. The molecule has 0 aliphatic carbocycles. The van der Waals surface area contributed by atoms with Crippen molar-refractivity contribution >= 4 is 173 Å². The molecule has 0 bridgehead atoms. The molecule has 9 aromatic heterocycles. The van der Waals surface area contributed by atoms with Crippen molar-refractivity contribution in [1.82, 2.24) is 62.7 Å². The molecule has 0 N–H and O–H groups in total. The normalized spacial score (nSPS) is 11.7. The topological polar surface area (TPSA) is 128 Å². The molecule has 31 aromatic rings. The largest absolute Gasteiger partial charge is 0.309 e. The smallest absolute Gasteiger partial charge is 0.235 e. The van der Waals surface area contributed by atoms with Crippen LogP contribution in [0.5, 0.6) is 0 Å². The van der Waals surface area contributed by atoms with Gasteiger partial charge in [-0.15, -0.1) is 11.3 Å². The molecular weight excluding hydrogens is 1850 g/mol. The van der Waals surface area contributed by atoms with Crippen LogP contribution in [0.15, 0.2) is 516 Å². The van der Waals surface area contributed by atoms with Crippen LogP contribution in [0.25, 0.3) is 281 Å². The SMILES string of the molecule is c1ccc(-c2cccc(-c3nc(-n4c5ccccc5c5c6sc7ccccc7c6ccc54)nc4ccccc34)c2)cc1.c1ccc(-c2nc(-c3ccccc3)nc(-c3ccc4cc(-n5c6ccccc6c6cc7c8ccccc8n(-c8ccccc8)c7cc65)ccc4c3)n2)cc1.c1ccc(-c2nc(-c3ccccc3)nc(-c3cccc4c(-n5c6ccccc6c6cc7c8ccccc8n(-c8ccccc8)c7cc65)cccc34)n2)cc1. The van der Waals surface area contributed by atoms with Crippen LogP contribution in [0.4, 0.5) is 0 Å². The fourth-order valence-electron chi connectivity index (χ4n) is 22.5. The maximum atomic E-state index is 5.33. The Balaban J connectivity index is 0.000000107. The summed E-state index contributed by atoms with van der Waals surface area (Å²) in [5, 5.41) is 20.5. The van der Waals surface area contributed by atoms with E-state index in [0.29, 0.717) is 40.9 Å². The van der Waals surface area contributed by atoms with Crippen molar-refractivity contribution in [2.45, 2.75) is 0 Å². The van der Waals surface area contributed by atoms with Crippen molar-refractivity contribution in [2.75, 3.05) is 0 Å². The molecule has 22 aromatic carbocycles. The summed E-state index contributed by atoms with van der Waals surface area (Å²) in [5.74, 6) is 4.57. The van der Waals surface area contributed by atoms with E-state index in [4.69, 9.17) is 39.9 Å². The van der Waals surface area contributed by atoms with Gasteiger partial charge in [-0.05, 0) is 155 Å². The maximum Gasteiger partial charge on any atom is 0.235 e. The molecule has 31 rings (SSSR count). The molecule has 9 heterocycles. The molecule has 0 unspecified atom stereocenters. The Hall–Kier alpha value is -20.1. The van der Waals surface area contributed by atoms with Crippen LogP contribution in [-0.2, 0) is 0 Å². The van der Waals surface area contributed by atoms with E-state index < -0.39 is 0 Å². The molecular formula is C136H85N13S. The minimum absolute atomic E-state index is 0.641. The highest BCUT2D eigenvalue weighted by molar-refractivity contribution is 7.26. The average Bonchev–Trinajstić information content (AvgIpc) is 1.56. The highest BCUT2D eigenvalue weighted by Crippen LogP contribution is 2.48. The van der Waals surface area contributed by atoms with Crippen LogP contribution in [-0.4, -0.2) is 62.7 Å². The van der Waals surface area contributed by atoms with Gasteiger partial charge in [0, 0.05) is 141 Å². The summed E-state index contributed by atoms with van der Waals surface area (Å²) in [7, 11) is 0. The Morgan fingerprint density at radius 2 is 0.547 bits per heavy atom. The third-order valence-corrected chi connectivity index (χ3v) is 30.5. The highest BCUT2D eigenvalue weighted by atomic mass is 32.1. The molecule has 0 aliphatic rings. The first-order valence-corrected chi connectivity index (χ1v) is 51.3. The van der Waals surface area contributed by atoms with Crippen molar-refractivity contribution in [1.29, 1.82) is 0 Å². The van der Waals surface area contributed by atoms with Gasteiger partial charge in [0.25, 0.3) is 0 Å². The van der Waals surface area contributed by atoms with Crippen molar-refractivity contribution in [2.24, 2.45) is 0 Å². The Morgan fingerprint density at radius 1 is 0.167 bits per heavy atom. The van der Waals surface area contributed by atoms with Crippen LogP contribution >= 0.6 is 11.3 Å². The van der Waals surface area contributed by atoms with Gasteiger partial charge in [-0.25, -0.2) is 39.9 Å². The molecule has 13 nitrogen and oxygen atoms in total. The lowest BCUT2D eigenvalue weighted by Crippen LogP contribution is -2.03. The van der Waals surface area contributed by atoms with E-state index in [2.05, 4.69) is 417 Å². The Bertz CT molecular complexity index is 10700. The fourth-order valence-corrected chi connectivity index (χ4v) is 23.7. The predicted octanol–water partition coefficient (Wildman–Crippen LogP) is 34.9. The number of hydrogen-bond acceptors (Lipinski definition) is 9. The van der Waals surface area contributed by atoms with Crippen LogP contribution in [0.3, 0.4) is 0 Å². The molecule has 14 heteroatoms. The molecule has 0 aliphatic heterocycles. The summed E-state index contributed by atoms with van der Waals surface area (Å²) in [4.78, 5) is 40.5. The van der Waals surface area contributed by atoms with Gasteiger partial charge < -0.3 is 18.3 Å². The standard InChI is InChI=1S/2C49H31N5.C38H23N3S/c1-4-16-32(17-5-1)47-50-48(33-18-6-2-7-19-33)52-49(51-47)39-26-14-25-36-35(39)24-15-29-44(36)54-43-28-13-11-23-38(43)41-30-40-37-22-10-12-27-42(37)53(45(40)31-46(41)54)34-20-8-3-9-21-34;1-4-14-32(15-5-1)47-50-48(33-16-6-2-7-17-33)52-49(51-47)36-25-24-35-29-38(27-26-34(35)28-36)54-44-23-13-11-21-40(44)42-30-41-39-20-10-12-22-43(39)53(45(41)31-46(42)54)37-18-8-3-9-19-37;1-2-11-24(12-3-1)25-13-10-14-26(23-25)36-29-16-4-7-18-31(29)39-38(40-36)41-32-19-8-5-17-30(32)35-33(41)22-21-28-27-15-6-9-20-34(27)42-37(28)35/h2*1-31H;1-23H. The summed E-state index contributed by atoms with van der Waals surface area (Å²) >= 11 is 1.86. The maximum absolute atomic E-state index is 5.33. The first-order valence-electron chi connectivity index (χ1n) is 50.5. The number of thiophene rings is 1. The van der Waals surface area contributed by atoms with E-state index in [-0.39, 0.29) is 0 Å². The van der Waals surface area contributed by atoms with Gasteiger partial charge >= 0.3 is 0 Å². The van der Waals surface area contributed by atoms with E-state index in [1.165, 1.54) is 118 Å². The van der Waals surface area contributed by atoms with Gasteiger partial charge in [0.15, 0.2) is 34.9 Å². The van der Waals surface area contributed by atoms with E-state index in [1.807, 2.05) is 133 Å². The van der Waals surface area contributed by atoms with E-state index in [9.17, 15) is 0 Å². The van der Waals surface area contributed by atoms with Crippen molar-refractivity contribution in [3.05, 3.63) is 516 Å². The number of fused-ring (bicyclic) bond motifs is 22. The molecule has 700 valence electrons. The van der Waals surface area contributed by atoms with Gasteiger partial charge in [-0.3, -0.25) is 4.57 Å². The third-order valence-electron chi connectivity index (χ3n) is 29.3. The van der Waals surface area contributed by atoms with Gasteiger partial charge in [-0.2, -0.15) is 0 Å². The van der Waals surface area contributed by atoms with Crippen molar-refractivity contribution < 1.29 is 0 Å². The van der Waals surface area contributed by atoms with E-state index >= 15 is 0 Å². The van der Waals surface area contributed by atoms with E-state index in [1.54, 1.807) is 0 Å². The van der Waals surface area contributed by atoms with Crippen LogP contribution in [0.2, 0.25) is 0 Å². The second-order valence-electron chi connectivity index (χ2n) is 38.0. The van der Waals surface area contributed by atoms with Crippen LogP contribution < -0.4 is 0 Å². The minimum Gasteiger partial charge on any atom is -0.309 e. The highest BCUT2D eigenvalue weighted by Gasteiger charge is 2.27. The summed E-state index contributed by atoms with van der Waals surface area (Å²) in [6, 6.07) is 182. The minimum atomic E-state index is 0.641. The zero-order chi connectivity index (χ0) is 98.8. The molecule has 0 spiro atoms. The fraction of sp³-hybridized carbons (Fsp3) is 0. The second kappa shape index (κ2) is 36.1. The van der Waals surface area contributed by atoms with Crippen LogP contribution in [0, 0.1) is 0 Å². The van der Waals surface area contributed by atoms with Gasteiger partial charge in [0.1, 0.15) is 0 Å². The lowest BCUT2D eigenvalue weighted by atomic mass is 10.00. The zero-order valence-corrected chi connectivity index (χ0v) is 81.6. The third kappa shape index (κ3) is 14.7. The number of hydrogen-bond donors (Lipinski definition) is 0. The molecule has 0 saturated carbocycles. The molecule has 0 fully saturated rings. The molecule has 0 atom stereocenters. The number of para-hydroxylation sites is 8. The molecule has 150 heavy (non-hydrogen) atoms. The predicted molar refractivity (Wildman–Crippen MR) is 622 cm³/mol. The summed E-state index contributed by atoms with van der Waals surface area (Å²) in [5.41, 5.74) is 27.1. The van der Waals surface area contributed by atoms with Gasteiger partial charge in [0.2, 0.25) is 5.95 Å². The van der Waals surface area contributed by atoms with Crippen molar-refractivity contribution in [3.63, 3.8) is 0 Å². The average molecular weight is 1930 g/mol. The summed E-state index contributed by atoms with van der Waals surface area (Å²) < 4.78 is 14.5. The number of nitrogens with zero attached hydrogens (tertiary/aromatic N) is 13. The van der Waals surface area contributed by atoms with Crippen molar-refractivity contribution in [3.8, 4) is 119 Å².